The number of nitriles is 1. The van der Waals surface area contributed by atoms with Gasteiger partial charge in [-0.3, -0.25) is 0 Å². The minimum Gasteiger partial charge on any atom is -0.378 e. The third-order valence-electron chi connectivity index (χ3n) is 3.55. The van der Waals surface area contributed by atoms with Crippen LogP contribution < -0.4 is 0 Å². The first-order chi connectivity index (χ1) is 7.72. The lowest BCUT2D eigenvalue weighted by Gasteiger charge is -2.17. The zero-order chi connectivity index (χ0) is 11.9. The summed E-state index contributed by atoms with van der Waals surface area (Å²) in [5, 5.41) is 8.70. The van der Waals surface area contributed by atoms with Crippen LogP contribution in [0.5, 0.6) is 0 Å². The van der Waals surface area contributed by atoms with Crippen LogP contribution in [0.2, 0.25) is 0 Å². The third kappa shape index (κ3) is 4.99. The van der Waals surface area contributed by atoms with Gasteiger partial charge in [0.25, 0.3) is 0 Å². The van der Waals surface area contributed by atoms with Crippen LogP contribution in [-0.2, 0) is 4.74 Å². The lowest BCUT2D eigenvalue weighted by Crippen LogP contribution is -2.16. The Balaban J connectivity index is 2.02. The summed E-state index contributed by atoms with van der Waals surface area (Å²) in [6.45, 7) is 5.20. The molecule has 0 heterocycles. The highest BCUT2D eigenvalue weighted by Gasteiger charge is 2.42. The second-order valence-corrected chi connectivity index (χ2v) is 5.31. The minimum atomic E-state index is 0.242. The molecule has 0 amide bonds. The monoisotopic (exact) mass is 223 g/mol. The van der Waals surface area contributed by atoms with Gasteiger partial charge < -0.3 is 4.74 Å². The molecule has 0 spiro atoms. The standard InChI is InChI=1S/C14H25NO/c1-3-4-5-6-7-13(2)16-12-14(8-9-14)10-11-15/h13H,3-10,12H2,1-2H3. The SMILES string of the molecule is CCCCCCC(C)OCC1(CC#N)CC1. The van der Waals surface area contributed by atoms with Gasteiger partial charge in [-0.1, -0.05) is 32.6 Å². The molecule has 92 valence electrons. The molecule has 0 bridgehead atoms. The van der Waals surface area contributed by atoms with Gasteiger partial charge in [0, 0.05) is 11.8 Å². The van der Waals surface area contributed by atoms with Gasteiger partial charge in [-0.2, -0.15) is 5.26 Å². The van der Waals surface area contributed by atoms with E-state index in [2.05, 4.69) is 19.9 Å². The fraction of sp³-hybridized carbons (Fsp3) is 0.929. The summed E-state index contributed by atoms with van der Waals surface area (Å²) in [7, 11) is 0. The van der Waals surface area contributed by atoms with Gasteiger partial charge in [-0.25, -0.2) is 0 Å². The highest BCUT2D eigenvalue weighted by Crippen LogP contribution is 2.48. The molecule has 1 fully saturated rings. The second-order valence-electron chi connectivity index (χ2n) is 5.31. The lowest BCUT2D eigenvalue weighted by molar-refractivity contribution is 0.0278. The molecule has 0 N–H and O–H groups in total. The van der Waals surface area contributed by atoms with E-state index in [1.807, 2.05) is 0 Å². The molecule has 0 aromatic heterocycles. The van der Waals surface area contributed by atoms with Crippen molar-refractivity contribution in [1.82, 2.24) is 0 Å². The molecule has 16 heavy (non-hydrogen) atoms. The number of nitrogens with zero attached hydrogens (tertiary/aromatic N) is 1. The molecular weight excluding hydrogens is 198 g/mol. The Morgan fingerprint density at radius 3 is 2.62 bits per heavy atom. The van der Waals surface area contributed by atoms with E-state index >= 15 is 0 Å². The molecule has 2 nitrogen and oxygen atoms in total. The summed E-state index contributed by atoms with van der Waals surface area (Å²) in [6, 6.07) is 2.27. The Morgan fingerprint density at radius 2 is 2.06 bits per heavy atom. The van der Waals surface area contributed by atoms with Crippen molar-refractivity contribution in [3.8, 4) is 6.07 Å². The molecule has 1 saturated carbocycles. The average molecular weight is 223 g/mol. The summed E-state index contributed by atoms with van der Waals surface area (Å²) < 4.78 is 5.85. The van der Waals surface area contributed by atoms with E-state index in [0.717, 1.165) is 6.61 Å². The molecule has 1 aliphatic carbocycles. The van der Waals surface area contributed by atoms with E-state index in [0.29, 0.717) is 12.5 Å². The fourth-order valence-electron chi connectivity index (χ4n) is 1.98. The summed E-state index contributed by atoms with van der Waals surface area (Å²) in [4.78, 5) is 0. The van der Waals surface area contributed by atoms with Crippen molar-refractivity contribution in [1.29, 1.82) is 5.26 Å². The normalized spacial score (nSPS) is 19.1. The number of ether oxygens (including phenoxy) is 1. The fourth-order valence-corrected chi connectivity index (χ4v) is 1.98. The zero-order valence-electron chi connectivity index (χ0n) is 10.8. The smallest absolute Gasteiger partial charge is 0.0628 e. The zero-order valence-corrected chi connectivity index (χ0v) is 10.8. The van der Waals surface area contributed by atoms with Crippen molar-refractivity contribution in [2.24, 2.45) is 5.41 Å². The van der Waals surface area contributed by atoms with E-state index in [1.54, 1.807) is 0 Å². The van der Waals surface area contributed by atoms with Gasteiger partial charge in [0.2, 0.25) is 0 Å². The van der Waals surface area contributed by atoms with Gasteiger partial charge >= 0.3 is 0 Å². The topological polar surface area (TPSA) is 33.0 Å². The third-order valence-corrected chi connectivity index (χ3v) is 3.55. The molecule has 0 saturated heterocycles. The van der Waals surface area contributed by atoms with E-state index in [1.165, 1.54) is 44.9 Å². The lowest BCUT2D eigenvalue weighted by atomic mass is 10.1. The Morgan fingerprint density at radius 1 is 1.31 bits per heavy atom. The first-order valence-electron chi connectivity index (χ1n) is 6.71. The maximum atomic E-state index is 8.70. The summed E-state index contributed by atoms with van der Waals surface area (Å²) in [6.07, 6.45) is 9.82. The van der Waals surface area contributed by atoms with Crippen molar-refractivity contribution in [3.05, 3.63) is 0 Å². The predicted molar refractivity (Wildman–Crippen MR) is 66.1 cm³/mol. The molecule has 0 aromatic carbocycles. The van der Waals surface area contributed by atoms with Crippen LogP contribution in [-0.4, -0.2) is 12.7 Å². The summed E-state index contributed by atoms with van der Waals surface area (Å²) in [5.74, 6) is 0. The molecule has 1 aliphatic rings. The molecular formula is C14H25NO. The Labute approximate surface area is 100.0 Å². The van der Waals surface area contributed by atoms with Crippen LogP contribution in [0.25, 0.3) is 0 Å². The maximum Gasteiger partial charge on any atom is 0.0628 e. The Bertz CT molecular complexity index is 227. The first-order valence-corrected chi connectivity index (χ1v) is 6.71. The number of unbranched alkanes of at least 4 members (excludes halogenated alkanes) is 3. The average Bonchev–Trinajstić information content (AvgIpc) is 3.03. The summed E-state index contributed by atoms with van der Waals surface area (Å²) in [5.41, 5.74) is 0.242. The molecule has 0 aliphatic heterocycles. The highest BCUT2D eigenvalue weighted by atomic mass is 16.5. The van der Waals surface area contributed by atoms with E-state index < -0.39 is 0 Å². The predicted octanol–water partition coefficient (Wildman–Crippen LogP) is 4.06. The van der Waals surface area contributed by atoms with E-state index in [4.69, 9.17) is 10.00 Å². The number of hydrogen-bond donors (Lipinski definition) is 0. The minimum absolute atomic E-state index is 0.242. The molecule has 1 unspecified atom stereocenters. The van der Waals surface area contributed by atoms with Crippen molar-refractivity contribution >= 4 is 0 Å². The molecule has 2 heteroatoms. The van der Waals surface area contributed by atoms with Crippen molar-refractivity contribution in [2.75, 3.05) is 6.61 Å². The van der Waals surface area contributed by atoms with Crippen molar-refractivity contribution in [2.45, 2.75) is 71.3 Å². The van der Waals surface area contributed by atoms with E-state index in [-0.39, 0.29) is 5.41 Å². The van der Waals surface area contributed by atoms with Crippen LogP contribution in [0, 0.1) is 16.7 Å². The van der Waals surface area contributed by atoms with Crippen LogP contribution in [0.1, 0.15) is 65.2 Å². The van der Waals surface area contributed by atoms with Crippen LogP contribution >= 0.6 is 0 Å². The van der Waals surface area contributed by atoms with Crippen LogP contribution in [0.4, 0.5) is 0 Å². The van der Waals surface area contributed by atoms with Gasteiger partial charge in [0.15, 0.2) is 0 Å². The molecule has 1 rings (SSSR count). The highest BCUT2D eigenvalue weighted by molar-refractivity contribution is 4.99. The quantitative estimate of drug-likeness (QED) is 0.552. The van der Waals surface area contributed by atoms with Crippen LogP contribution in [0.3, 0.4) is 0 Å². The van der Waals surface area contributed by atoms with Gasteiger partial charge in [-0.15, -0.1) is 0 Å². The maximum absolute atomic E-state index is 8.70. The molecule has 1 atom stereocenters. The van der Waals surface area contributed by atoms with Gasteiger partial charge in [-0.05, 0) is 26.2 Å². The van der Waals surface area contributed by atoms with E-state index in [9.17, 15) is 0 Å². The van der Waals surface area contributed by atoms with Crippen LogP contribution in [0.15, 0.2) is 0 Å². The Kier molecular flexibility index (Phi) is 5.84. The molecule has 0 radical (unpaired) electrons. The summed E-state index contributed by atoms with van der Waals surface area (Å²) >= 11 is 0. The molecule has 0 aromatic rings. The number of hydrogen-bond acceptors (Lipinski definition) is 2. The van der Waals surface area contributed by atoms with Crippen molar-refractivity contribution in [3.63, 3.8) is 0 Å². The number of rotatable bonds is 9. The van der Waals surface area contributed by atoms with Gasteiger partial charge in [0.05, 0.1) is 18.8 Å². The van der Waals surface area contributed by atoms with Crippen molar-refractivity contribution < 1.29 is 4.74 Å². The largest absolute Gasteiger partial charge is 0.378 e. The van der Waals surface area contributed by atoms with Gasteiger partial charge in [0.1, 0.15) is 0 Å². The Hall–Kier alpha value is -0.550. The first kappa shape index (κ1) is 13.5. The second kappa shape index (κ2) is 6.91.